The number of hydrogen-bond donors (Lipinski definition) is 0. The molecule has 0 aromatic heterocycles. The molecule has 1 rings (SSSR count). The van der Waals surface area contributed by atoms with Crippen LogP contribution in [-0.4, -0.2) is 42.8 Å². The Morgan fingerprint density at radius 3 is 2.79 bits per heavy atom. The van der Waals surface area contributed by atoms with Gasteiger partial charge in [0.1, 0.15) is 6.04 Å². The third-order valence-corrected chi connectivity index (χ3v) is 3.66. The van der Waals surface area contributed by atoms with Crippen molar-refractivity contribution >= 4 is 38.8 Å². The predicted molar refractivity (Wildman–Crippen MR) is 59.6 cm³/mol. The monoisotopic (exact) mass is 333 g/mol. The highest BCUT2D eigenvalue weighted by Gasteiger charge is 2.29. The van der Waals surface area contributed by atoms with E-state index in [0.717, 1.165) is 19.2 Å². The molecule has 7 heteroatoms. The fourth-order valence-corrected chi connectivity index (χ4v) is 2.43. The number of piperidine rings is 1. The molecular formula is C7H12INO4S. The summed E-state index contributed by atoms with van der Waals surface area (Å²) in [5.74, 6) is 0.0503. The Kier molecular flexibility index (Phi) is 4.29. The Hall–Kier alpha value is 0.270. The predicted octanol–water partition coefficient (Wildman–Crippen LogP) is 0.346. The first-order valence-corrected chi connectivity index (χ1v) is 6.98. The van der Waals surface area contributed by atoms with E-state index in [9.17, 15) is 13.2 Å². The molecule has 1 fully saturated rings. The largest absolute Gasteiger partial charge is 0.298 e. The van der Waals surface area contributed by atoms with E-state index in [-0.39, 0.29) is 12.4 Å². The SMILES string of the molecule is CS(=O)(=O)OCC1C(=O)CCCN1I. The molecule has 1 unspecified atom stereocenters. The van der Waals surface area contributed by atoms with Gasteiger partial charge in [0.05, 0.1) is 12.9 Å². The summed E-state index contributed by atoms with van der Waals surface area (Å²) in [6.45, 7) is 0.727. The van der Waals surface area contributed by atoms with Crippen LogP contribution in [0.1, 0.15) is 12.8 Å². The second kappa shape index (κ2) is 4.86. The van der Waals surface area contributed by atoms with E-state index in [1.54, 1.807) is 3.11 Å². The Labute approximate surface area is 97.4 Å². The number of Topliss-reactive ketones (excluding diaryl/α,β-unsaturated/α-hetero) is 1. The summed E-state index contributed by atoms with van der Waals surface area (Å²) >= 11 is 2.02. The maximum atomic E-state index is 11.4. The standard InChI is InChI=1S/C7H12INO4S/c1-14(11,12)13-5-6-7(10)3-2-4-9(6)8/h6H,2-5H2,1H3. The van der Waals surface area contributed by atoms with Gasteiger partial charge in [-0.05, 0) is 6.42 Å². The first-order valence-electron chi connectivity index (χ1n) is 4.19. The summed E-state index contributed by atoms with van der Waals surface area (Å²) < 4.78 is 27.9. The molecule has 0 aromatic carbocycles. The Morgan fingerprint density at radius 2 is 2.29 bits per heavy atom. The van der Waals surface area contributed by atoms with Gasteiger partial charge in [-0.1, -0.05) is 0 Å². The smallest absolute Gasteiger partial charge is 0.264 e. The van der Waals surface area contributed by atoms with Crippen LogP contribution in [0.15, 0.2) is 0 Å². The zero-order valence-corrected chi connectivity index (χ0v) is 10.7. The number of rotatable bonds is 3. The highest BCUT2D eigenvalue weighted by Crippen LogP contribution is 2.18. The van der Waals surface area contributed by atoms with Crippen molar-refractivity contribution in [3.8, 4) is 0 Å². The molecule has 0 amide bonds. The first-order chi connectivity index (χ1) is 6.40. The summed E-state index contributed by atoms with van der Waals surface area (Å²) in [4.78, 5) is 11.4. The van der Waals surface area contributed by atoms with Gasteiger partial charge in [0.2, 0.25) is 0 Å². The molecule has 1 aliphatic heterocycles. The van der Waals surface area contributed by atoms with Crippen molar-refractivity contribution in [3.05, 3.63) is 0 Å². The lowest BCUT2D eigenvalue weighted by atomic mass is 10.0. The van der Waals surface area contributed by atoms with Crippen molar-refractivity contribution in [2.24, 2.45) is 0 Å². The average Bonchev–Trinajstić information content (AvgIpc) is 2.01. The van der Waals surface area contributed by atoms with E-state index in [1.165, 1.54) is 0 Å². The highest BCUT2D eigenvalue weighted by molar-refractivity contribution is 14.1. The molecule has 0 N–H and O–H groups in total. The van der Waals surface area contributed by atoms with Crippen molar-refractivity contribution < 1.29 is 17.4 Å². The molecule has 1 saturated heterocycles. The van der Waals surface area contributed by atoms with Crippen molar-refractivity contribution in [3.63, 3.8) is 0 Å². The summed E-state index contributed by atoms with van der Waals surface area (Å²) in [7, 11) is -3.45. The summed E-state index contributed by atoms with van der Waals surface area (Å²) in [6, 6.07) is -0.418. The number of carbonyl (C=O) groups is 1. The van der Waals surface area contributed by atoms with Crippen LogP contribution < -0.4 is 0 Å². The van der Waals surface area contributed by atoms with Gasteiger partial charge in [-0.15, -0.1) is 0 Å². The maximum Gasteiger partial charge on any atom is 0.264 e. The highest BCUT2D eigenvalue weighted by atomic mass is 127. The molecular weight excluding hydrogens is 321 g/mol. The Balaban J connectivity index is 2.53. The average molecular weight is 333 g/mol. The van der Waals surface area contributed by atoms with Crippen LogP contribution in [0.3, 0.4) is 0 Å². The summed E-state index contributed by atoms with van der Waals surface area (Å²) in [5, 5.41) is 0. The van der Waals surface area contributed by atoms with Crippen LogP contribution in [0.2, 0.25) is 0 Å². The molecule has 1 atom stereocenters. The van der Waals surface area contributed by atoms with E-state index in [0.29, 0.717) is 6.42 Å². The number of ketones is 1. The minimum Gasteiger partial charge on any atom is -0.298 e. The molecule has 82 valence electrons. The maximum absolute atomic E-state index is 11.4. The lowest BCUT2D eigenvalue weighted by Crippen LogP contribution is -2.43. The molecule has 0 spiro atoms. The number of nitrogens with zero attached hydrogens (tertiary/aromatic N) is 1. The molecule has 0 bridgehead atoms. The zero-order valence-electron chi connectivity index (χ0n) is 7.77. The van der Waals surface area contributed by atoms with E-state index >= 15 is 0 Å². The third kappa shape index (κ3) is 3.79. The zero-order chi connectivity index (χ0) is 10.8. The van der Waals surface area contributed by atoms with Crippen molar-refractivity contribution in [1.82, 2.24) is 3.11 Å². The third-order valence-electron chi connectivity index (χ3n) is 1.94. The van der Waals surface area contributed by atoms with Crippen LogP contribution in [0.25, 0.3) is 0 Å². The van der Waals surface area contributed by atoms with Gasteiger partial charge < -0.3 is 0 Å². The van der Waals surface area contributed by atoms with Crippen molar-refractivity contribution in [1.29, 1.82) is 0 Å². The van der Waals surface area contributed by atoms with Gasteiger partial charge in [-0.3, -0.25) is 8.98 Å². The molecule has 14 heavy (non-hydrogen) atoms. The Morgan fingerprint density at radius 1 is 1.64 bits per heavy atom. The second-order valence-electron chi connectivity index (χ2n) is 3.20. The van der Waals surface area contributed by atoms with Gasteiger partial charge in [0.15, 0.2) is 5.78 Å². The minimum atomic E-state index is -3.45. The number of hydrogen-bond acceptors (Lipinski definition) is 5. The van der Waals surface area contributed by atoms with Crippen LogP contribution in [-0.2, 0) is 19.1 Å². The quantitative estimate of drug-likeness (QED) is 0.424. The molecule has 0 aromatic rings. The van der Waals surface area contributed by atoms with E-state index in [1.807, 2.05) is 22.9 Å². The van der Waals surface area contributed by atoms with Gasteiger partial charge in [0.25, 0.3) is 10.1 Å². The van der Waals surface area contributed by atoms with Gasteiger partial charge in [-0.2, -0.15) is 8.42 Å². The lowest BCUT2D eigenvalue weighted by Gasteiger charge is -2.28. The molecule has 1 aliphatic rings. The van der Waals surface area contributed by atoms with Crippen LogP contribution >= 0.6 is 22.9 Å². The fourth-order valence-electron chi connectivity index (χ4n) is 1.24. The summed E-state index contributed by atoms with van der Waals surface area (Å²) in [6.07, 6.45) is 2.33. The molecule has 0 saturated carbocycles. The van der Waals surface area contributed by atoms with Gasteiger partial charge >= 0.3 is 0 Å². The van der Waals surface area contributed by atoms with Crippen LogP contribution in [0.5, 0.6) is 0 Å². The van der Waals surface area contributed by atoms with Crippen molar-refractivity contribution in [2.45, 2.75) is 18.9 Å². The normalized spacial score (nSPS) is 25.3. The van der Waals surface area contributed by atoms with Crippen LogP contribution in [0.4, 0.5) is 0 Å². The molecule has 5 nitrogen and oxygen atoms in total. The second-order valence-corrected chi connectivity index (χ2v) is 6.08. The van der Waals surface area contributed by atoms with E-state index in [4.69, 9.17) is 0 Å². The minimum absolute atomic E-state index is 0.0503. The van der Waals surface area contributed by atoms with Gasteiger partial charge in [-0.25, -0.2) is 3.11 Å². The first kappa shape index (κ1) is 12.3. The summed E-state index contributed by atoms with van der Waals surface area (Å²) in [5.41, 5.74) is 0. The lowest BCUT2D eigenvalue weighted by molar-refractivity contribution is -0.124. The van der Waals surface area contributed by atoms with E-state index < -0.39 is 16.2 Å². The van der Waals surface area contributed by atoms with Gasteiger partial charge in [0, 0.05) is 35.8 Å². The van der Waals surface area contributed by atoms with Crippen LogP contribution in [0, 0.1) is 0 Å². The fraction of sp³-hybridized carbons (Fsp3) is 0.857. The van der Waals surface area contributed by atoms with E-state index in [2.05, 4.69) is 4.18 Å². The molecule has 0 radical (unpaired) electrons. The molecule has 1 heterocycles. The van der Waals surface area contributed by atoms with Crippen molar-refractivity contribution in [2.75, 3.05) is 19.4 Å². The topological polar surface area (TPSA) is 63.7 Å². The Bertz CT molecular complexity index is 316. The number of carbonyl (C=O) groups excluding carboxylic acids is 1. The molecule has 0 aliphatic carbocycles. The number of halogens is 1.